The van der Waals surface area contributed by atoms with E-state index >= 15 is 0 Å². The van der Waals surface area contributed by atoms with Crippen LogP contribution in [0.4, 0.5) is 0 Å². The lowest BCUT2D eigenvalue weighted by Crippen LogP contribution is -2.39. The van der Waals surface area contributed by atoms with Crippen LogP contribution in [0.3, 0.4) is 0 Å². The molecule has 1 N–H and O–H groups in total. The summed E-state index contributed by atoms with van der Waals surface area (Å²) in [6.07, 6.45) is 2.31. The predicted molar refractivity (Wildman–Crippen MR) is 121 cm³/mol. The van der Waals surface area contributed by atoms with Gasteiger partial charge in [0.2, 0.25) is 21.8 Å². The number of rotatable bonds is 4. The highest BCUT2D eigenvalue weighted by Gasteiger charge is 2.38. The van der Waals surface area contributed by atoms with Crippen LogP contribution in [-0.2, 0) is 19.6 Å². The van der Waals surface area contributed by atoms with Crippen molar-refractivity contribution in [3.63, 3.8) is 0 Å². The van der Waals surface area contributed by atoms with Crippen molar-refractivity contribution >= 4 is 21.8 Å². The molecular weight excluding hydrogens is 444 g/mol. The van der Waals surface area contributed by atoms with E-state index in [4.69, 9.17) is 4.52 Å². The molecule has 10 heteroatoms. The first-order valence-corrected chi connectivity index (χ1v) is 12.8. The Morgan fingerprint density at radius 2 is 1.85 bits per heavy atom. The minimum atomic E-state index is -3.86. The van der Waals surface area contributed by atoms with Crippen molar-refractivity contribution in [2.75, 3.05) is 26.2 Å². The predicted octanol–water partition coefficient (Wildman–Crippen LogP) is 2.17. The molecule has 1 aliphatic carbocycles. The summed E-state index contributed by atoms with van der Waals surface area (Å²) in [5.41, 5.74) is 1.21. The molecule has 0 bridgehead atoms. The molecule has 1 saturated heterocycles. The van der Waals surface area contributed by atoms with Crippen LogP contribution in [0.15, 0.2) is 39.8 Å². The molecule has 1 aromatic heterocycles. The molecule has 1 aromatic carbocycles. The van der Waals surface area contributed by atoms with Crippen LogP contribution in [-0.4, -0.2) is 60.8 Å². The Balaban J connectivity index is 1.62. The number of nitrogens with one attached hydrogen (secondary N) is 1. The van der Waals surface area contributed by atoms with Crippen LogP contribution in [0.5, 0.6) is 0 Å². The van der Waals surface area contributed by atoms with E-state index in [0.29, 0.717) is 18.7 Å². The number of hydrogen-bond donors (Lipinski definition) is 1. The van der Waals surface area contributed by atoms with Gasteiger partial charge >= 0.3 is 0 Å². The van der Waals surface area contributed by atoms with Gasteiger partial charge in [-0.1, -0.05) is 35.5 Å². The summed E-state index contributed by atoms with van der Waals surface area (Å²) in [6.45, 7) is 4.07. The zero-order valence-electron chi connectivity index (χ0n) is 19.0. The van der Waals surface area contributed by atoms with Gasteiger partial charge in [-0.2, -0.15) is 4.31 Å². The van der Waals surface area contributed by atoms with Gasteiger partial charge in [0.25, 0.3) is 0 Å². The molecular formula is C23H30N4O5S. The van der Waals surface area contributed by atoms with E-state index in [-0.39, 0.29) is 60.5 Å². The molecule has 178 valence electrons. The van der Waals surface area contributed by atoms with E-state index in [2.05, 4.69) is 10.5 Å². The molecule has 2 fully saturated rings. The lowest BCUT2D eigenvalue weighted by Gasteiger charge is -2.32. The monoisotopic (exact) mass is 474 g/mol. The van der Waals surface area contributed by atoms with Crippen molar-refractivity contribution in [3.05, 3.63) is 47.3 Å². The van der Waals surface area contributed by atoms with Crippen LogP contribution in [0.25, 0.3) is 0 Å². The molecule has 1 aliphatic heterocycles. The first-order chi connectivity index (χ1) is 15.8. The van der Waals surface area contributed by atoms with E-state index in [1.54, 1.807) is 18.7 Å². The van der Waals surface area contributed by atoms with E-state index in [1.165, 1.54) is 4.31 Å². The van der Waals surface area contributed by atoms with Crippen LogP contribution >= 0.6 is 0 Å². The second-order valence-electron chi connectivity index (χ2n) is 8.70. The zero-order valence-corrected chi connectivity index (χ0v) is 19.8. The molecule has 2 amide bonds. The van der Waals surface area contributed by atoms with Crippen LogP contribution in [0.2, 0.25) is 0 Å². The molecule has 2 aromatic rings. The quantitative estimate of drug-likeness (QED) is 0.727. The number of nitrogens with zero attached hydrogens (tertiary/aromatic N) is 3. The fraction of sp³-hybridized carbons (Fsp3) is 0.522. The fourth-order valence-corrected chi connectivity index (χ4v) is 6.15. The number of aromatic nitrogens is 1. The Morgan fingerprint density at radius 3 is 2.48 bits per heavy atom. The van der Waals surface area contributed by atoms with Crippen molar-refractivity contribution in [2.24, 2.45) is 5.92 Å². The van der Waals surface area contributed by atoms with Gasteiger partial charge in [-0.15, -0.1) is 0 Å². The topological polar surface area (TPSA) is 113 Å². The SMILES string of the molecule is Cc1noc(C)c1S(=O)(=O)N1CCCN(C(=O)C2CC2)C(c2ccccc2)CC(=O)NCC1. The summed E-state index contributed by atoms with van der Waals surface area (Å²) in [4.78, 5) is 27.8. The minimum Gasteiger partial charge on any atom is -0.360 e. The Morgan fingerprint density at radius 1 is 1.12 bits per heavy atom. The Bertz CT molecular complexity index is 1090. The largest absolute Gasteiger partial charge is 0.360 e. The molecule has 2 aliphatic rings. The number of carbonyl (C=O) groups is 2. The smallest absolute Gasteiger partial charge is 0.248 e. The molecule has 9 nitrogen and oxygen atoms in total. The number of amides is 2. The van der Waals surface area contributed by atoms with Crippen molar-refractivity contribution in [2.45, 2.75) is 50.5 Å². The minimum absolute atomic E-state index is 0.00783. The first kappa shape index (κ1) is 23.4. The Labute approximate surface area is 194 Å². The summed E-state index contributed by atoms with van der Waals surface area (Å²) >= 11 is 0. The summed E-state index contributed by atoms with van der Waals surface area (Å²) in [7, 11) is -3.86. The number of benzene rings is 1. The average Bonchev–Trinajstić information content (AvgIpc) is 3.58. The summed E-state index contributed by atoms with van der Waals surface area (Å²) < 4.78 is 33.2. The maximum absolute atomic E-state index is 13.4. The van der Waals surface area contributed by atoms with Gasteiger partial charge in [0.1, 0.15) is 10.6 Å². The molecule has 1 unspecified atom stereocenters. The standard InChI is InChI=1S/C23H30N4O5S/c1-16-22(17(2)32-25-16)33(30,31)26-12-6-13-27(23(29)19-9-10-19)20(15-21(28)24-11-14-26)18-7-4-3-5-8-18/h3-5,7-8,19-20H,6,9-15H2,1-2H3,(H,24,28). The Hall–Kier alpha value is -2.72. The van der Waals surface area contributed by atoms with Gasteiger partial charge in [-0.3, -0.25) is 9.59 Å². The van der Waals surface area contributed by atoms with Gasteiger partial charge < -0.3 is 14.7 Å². The third kappa shape index (κ3) is 5.11. The van der Waals surface area contributed by atoms with E-state index in [9.17, 15) is 18.0 Å². The van der Waals surface area contributed by atoms with Crippen LogP contribution in [0, 0.1) is 19.8 Å². The van der Waals surface area contributed by atoms with E-state index in [0.717, 1.165) is 18.4 Å². The highest BCUT2D eigenvalue weighted by Crippen LogP contribution is 2.35. The second-order valence-corrected chi connectivity index (χ2v) is 10.6. The summed E-state index contributed by atoms with van der Waals surface area (Å²) in [5, 5.41) is 6.62. The molecule has 0 spiro atoms. The van der Waals surface area contributed by atoms with Gasteiger partial charge in [0.15, 0.2) is 5.76 Å². The highest BCUT2D eigenvalue weighted by molar-refractivity contribution is 7.89. The summed E-state index contributed by atoms with van der Waals surface area (Å²) in [6, 6.07) is 9.17. The van der Waals surface area contributed by atoms with Gasteiger partial charge in [-0.05, 0) is 38.7 Å². The number of aryl methyl sites for hydroxylation is 2. The maximum atomic E-state index is 13.4. The molecule has 1 saturated carbocycles. The van der Waals surface area contributed by atoms with E-state index < -0.39 is 10.0 Å². The van der Waals surface area contributed by atoms with Crippen molar-refractivity contribution in [1.29, 1.82) is 0 Å². The van der Waals surface area contributed by atoms with Crippen molar-refractivity contribution in [3.8, 4) is 0 Å². The highest BCUT2D eigenvalue weighted by atomic mass is 32.2. The number of carbonyl (C=O) groups excluding carboxylic acids is 2. The zero-order chi connectivity index (χ0) is 23.6. The fourth-order valence-electron chi connectivity index (χ4n) is 4.38. The molecule has 2 heterocycles. The van der Waals surface area contributed by atoms with Gasteiger partial charge in [-0.25, -0.2) is 8.42 Å². The number of hydrogen-bond acceptors (Lipinski definition) is 6. The van der Waals surface area contributed by atoms with Gasteiger partial charge in [0, 0.05) is 32.1 Å². The molecule has 1 atom stereocenters. The third-order valence-electron chi connectivity index (χ3n) is 6.20. The average molecular weight is 475 g/mol. The van der Waals surface area contributed by atoms with Gasteiger partial charge in [0.05, 0.1) is 12.5 Å². The lowest BCUT2D eigenvalue weighted by atomic mass is 10.0. The summed E-state index contributed by atoms with van der Waals surface area (Å²) in [5.74, 6) is 0.0529. The molecule has 4 rings (SSSR count). The third-order valence-corrected chi connectivity index (χ3v) is 8.35. The van der Waals surface area contributed by atoms with Crippen molar-refractivity contribution in [1.82, 2.24) is 19.7 Å². The Kier molecular flexibility index (Phi) is 6.85. The van der Waals surface area contributed by atoms with Crippen molar-refractivity contribution < 1.29 is 22.5 Å². The van der Waals surface area contributed by atoms with Crippen LogP contribution < -0.4 is 5.32 Å². The lowest BCUT2D eigenvalue weighted by molar-refractivity contribution is -0.136. The molecule has 33 heavy (non-hydrogen) atoms. The normalized spacial score (nSPS) is 21.3. The second kappa shape index (κ2) is 9.64. The molecule has 0 radical (unpaired) electrons. The van der Waals surface area contributed by atoms with E-state index in [1.807, 2.05) is 30.3 Å². The van der Waals surface area contributed by atoms with Crippen LogP contribution in [0.1, 0.15) is 48.7 Å². The number of sulfonamides is 1. The first-order valence-electron chi connectivity index (χ1n) is 11.3. The maximum Gasteiger partial charge on any atom is 0.248 e.